The Labute approximate surface area is 145 Å². The number of Topliss-reactive ketones (excluding diaryl/α,β-unsaturated/α-hetero) is 1. The number of para-hydroxylation sites is 2. The van der Waals surface area contributed by atoms with Gasteiger partial charge in [0.25, 0.3) is 0 Å². The maximum atomic E-state index is 12.3. The Bertz CT molecular complexity index is 785. The molecular formula is C19H18O6. The van der Waals surface area contributed by atoms with Crippen LogP contribution in [0.3, 0.4) is 0 Å². The van der Waals surface area contributed by atoms with E-state index in [1.807, 2.05) is 6.07 Å². The highest BCUT2D eigenvalue weighted by Gasteiger charge is 2.35. The first-order chi connectivity index (χ1) is 12.1. The van der Waals surface area contributed by atoms with Gasteiger partial charge in [-0.05, 0) is 31.2 Å². The molecule has 0 bridgehead atoms. The molecule has 2 aromatic rings. The highest BCUT2D eigenvalue weighted by molar-refractivity contribution is 5.98. The van der Waals surface area contributed by atoms with Crippen LogP contribution in [-0.2, 0) is 9.53 Å². The maximum absolute atomic E-state index is 12.3. The molecule has 0 N–H and O–H groups in total. The quantitative estimate of drug-likeness (QED) is 0.614. The van der Waals surface area contributed by atoms with Gasteiger partial charge >= 0.3 is 5.97 Å². The van der Waals surface area contributed by atoms with Crippen molar-refractivity contribution in [1.82, 2.24) is 0 Å². The first-order valence-electron chi connectivity index (χ1n) is 7.84. The van der Waals surface area contributed by atoms with Crippen LogP contribution in [0.15, 0.2) is 48.5 Å². The average molecular weight is 342 g/mol. The van der Waals surface area contributed by atoms with Crippen LogP contribution in [0.25, 0.3) is 0 Å². The molecule has 0 aromatic heterocycles. The van der Waals surface area contributed by atoms with Crippen molar-refractivity contribution in [3.05, 3.63) is 54.1 Å². The summed E-state index contributed by atoms with van der Waals surface area (Å²) in [6.45, 7) is 1.34. The van der Waals surface area contributed by atoms with Gasteiger partial charge < -0.3 is 18.9 Å². The van der Waals surface area contributed by atoms with E-state index in [1.54, 1.807) is 49.4 Å². The van der Waals surface area contributed by atoms with Crippen molar-refractivity contribution in [2.24, 2.45) is 0 Å². The molecule has 1 heterocycles. The Kier molecular flexibility index (Phi) is 4.88. The Balaban J connectivity index is 1.61. The van der Waals surface area contributed by atoms with Gasteiger partial charge in [0.15, 0.2) is 23.9 Å². The zero-order valence-electron chi connectivity index (χ0n) is 13.9. The van der Waals surface area contributed by atoms with E-state index < -0.39 is 18.2 Å². The number of hydrogen-bond donors (Lipinski definition) is 0. The van der Waals surface area contributed by atoms with Crippen molar-refractivity contribution < 1.29 is 28.5 Å². The number of ketones is 1. The molecule has 2 unspecified atom stereocenters. The van der Waals surface area contributed by atoms with Crippen molar-refractivity contribution in [2.75, 3.05) is 13.7 Å². The van der Waals surface area contributed by atoms with Gasteiger partial charge in [-0.3, -0.25) is 4.79 Å². The summed E-state index contributed by atoms with van der Waals surface area (Å²) in [7, 11) is 1.52. The van der Waals surface area contributed by atoms with Crippen LogP contribution in [0.5, 0.6) is 17.2 Å². The summed E-state index contributed by atoms with van der Waals surface area (Å²) >= 11 is 0. The van der Waals surface area contributed by atoms with Gasteiger partial charge in [0, 0.05) is 5.56 Å². The second-order valence-electron chi connectivity index (χ2n) is 5.57. The highest BCUT2D eigenvalue weighted by atomic mass is 16.6. The van der Waals surface area contributed by atoms with E-state index in [0.29, 0.717) is 22.8 Å². The number of methoxy groups -OCH3 is 1. The lowest BCUT2D eigenvalue weighted by Crippen LogP contribution is -2.44. The summed E-state index contributed by atoms with van der Waals surface area (Å²) in [6.07, 6.45) is -1.44. The van der Waals surface area contributed by atoms with E-state index in [9.17, 15) is 9.59 Å². The number of hydrogen-bond acceptors (Lipinski definition) is 6. The Morgan fingerprint density at radius 3 is 2.48 bits per heavy atom. The van der Waals surface area contributed by atoms with Crippen molar-refractivity contribution in [2.45, 2.75) is 19.1 Å². The largest absolute Gasteiger partial charge is 0.497 e. The first-order valence-corrected chi connectivity index (χ1v) is 7.84. The molecule has 0 amide bonds. The van der Waals surface area contributed by atoms with Gasteiger partial charge in [-0.25, -0.2) is 4.79 Å². The number of ether oxygens (including phenoxy) is 4. The molecule has 1 aliphatic heterocycles. The van der Waals surface area contributed by atoms with Gasteiger partial charge in [-0.2, -0.15) is 0 Å². The second-order valence-corrected chi connectivity index (χ2v) is 5.57. The third-order valence-corrected chi connectivity index (χ3v) is 3.81. The van der Waals surface area contributed by atoms with Crippen molar-refractivity contribution >= 4 is 11.8 Å². The zero-order valence-corrected chi connectivity index (χ0v) is 13.9. The number of rotatable bonds is 5. The molecule has 0 radical (unpaired) electrons. The lowest BCUT2D eigenvalue weighted by atomic mass is 10.1. The topological polar surface area (TPSA) is 71.1 Å². The summed E-state index contributed by atoms with van der Waals surface area (Å²) in [6, 6.07) is 13.7. The number of esters is 1. The fourth-order valence-electron chi connectivity index (χ4n) is 2.48. The molecule has 2 aromatic carbocycles. The van der Waals surface area contributed by atoms with Crippen molar-refractivity contribution in [3.8, 4) is 17.2 Å². The fourth-order valence-corrected chi connectivity index (χ4v) is 2.48. The predicted octanol–water partition coefficient (Wildman–Crippen LogP) is 2.65. The lowest BCUT2D eigenvalue weighted by molar-refractivity contribution is -0.156. The second kappa shape index (κ2) is 7.25. The lowest BCUT2D eigenvalue weighted by Gasteiger charge is -2.30. The molecule has 0 aliphatic carbocycles. The maximum Gasteiger partial charge on any atom is 0.351 e. The van der Waals surface area contributed by atoms with E-state index in [2.05, 4.69) is 0 Å². The van der Waals surface area contributed by atoms with Crippen LogP contribution >= 0.6 is 0 Å². The smallest absolute Gasteiger partial charge is 0.351 e. The number of carbonyl (C=O) groups is 2. The molecule has 6 nitrogen and oxygen atoms in total. The number of fused-ring (bicyclic) bond motifs is 1. The fraction of sp³-hybridized carbons (Fsp3) is 0.263. The van der Waals surface area contributed by atoms with Crippen LogP contribution in [-0.4, -0.2) is 37.7 Å². The monoisotopic (exact) mass is 342 g/mol. The number of carbonyl (C=O) groups excluding carboxylic acids is 2. The third kappa shape index (κ3) is 3.74. The summed E-state index contributed by atoms with van der Waals surface area (Å²) in [5.41, 5.74) is 0.409. The van der Waals surface area contributed by atoms with Gasteiger partial charge in [0.1, 0.15) is 11.9 Å². The Morgan fingerprint density at radius 1 is 1.04 bits per heavy atom. The van der Waals surface area contributed by atoms with Gasteiger partial charge in [-0.15, -0.1) is 0 Å². The van der Waals surface area contributed by atoms with Gasteiger partial charge in [0.2, 0.25) is 6.10 Å². The Morgan fingerprint density at radius 2 is 1.76 bits per heavy atom. The normalized spacial score (nSPS) is 18.3. The summed E-state index contributed by atoms with van der Waals surface area (Å²) in [4.78, 5) is 24.4. The molecule has 0 saturated carbocycles. The molecule has 130 valence electrons. The third-order valence-electron chi connectivity index (χ3n) is 3.81. The van der Waals surface area contributed by atoms with Gasteiger partial charge in [-0.1, -0.05) is 24.3 Å². The average Bonchev–Trinajstić information content (AvgIpc) is 2.65. The van der Waals surface area contributed by atoms with Crippen molar-refractivity contribution in [3.63, 3.8) is 0 Å². The molecule has 2 atom stereocenters. The minimum atomic E-state index is -0.923. The summed E-state index contributed by atoms with van der Waals surface area (Å²) < 4.78 is 21.5. The van der Waals surface area contributed by atoms with Crippen LogP contribution in [0, 0.1) is 0 Å². The minimum Gasteiger partial charge on any atom is -0.497 e. The first kappa shape index (κ1) is 16.8. The van der Waals surface area contributed by atoms with Crippen LogP contribution in [0.2, 0.25) is 0 Å². The van der Waals surface area contributed by atoms with Crippen LogP contribution in [0.4, 0.5) is 0 Å². The van der Waals surface area contributed by atoms with E-state index in [-0.39, 0.29) is 12.4 Å². The van der Waals surface area contributed by atoms with Crippen LogP contribution in [0.1, 0.15) is 17.3 Å². The van der Waals surface area contributed by atoms with Crippen LogP contribution < -0.4 is 14.2 Å². The van der Waals surface area contributed by atoms with E-state index in [4.69, 9.17) is 18.9 Å². The standard InChI is InChI=1S/C19H18O6/c1-12-18(25-17-9-4-3-8-16(17)24-12)19(21)23-11-15(20)13-6-5-7-14(10-13)22-2/h3-10,12,18H,11H2,1-2H3. The minimum absolute atomic E-state index is 0.322. The zero-order chi connectivity index (χ0) is 17.8. The Hall–Kier alpha value is -3.02. The molecule has 1 aliphatic rings. The molecule has 3 rings (SSSR count). The summed E-state index contributed by atoms with van der Waals surface area (Å²) in [5.74, 6) is 0.648. The molecule has 0 saturated heterocycles. The molecule has 6 heteroatoms. The molecule has 0 spiro atoms. The summed E-state index contributed by atoms with van der Waals surface area (Å²) in [5, 5.41) is 0. The molecule has 0 fully saturated rings. The number of benzene rings is 2. The van der Waals surface area contributed by atoms with E-state index in [0.717, 1.165) is 0 Å². The highest BCUT2D eigenvalue weighted by Crippen LogP contribution is 2.33. The van der Waals surface area contributed by atoms with E-state index >= 15 is 0 Å². The molecule has 25 heavy (non-hydrogen) atoms. The van der Waals surface area contributed by atoms with E-state index in [1.165, 1.54) is 7.11 Å². The van der Waals surface area contributed by atoms with Crippen molar-refractivity contribution in [1.29, 1.82) is 0 Å². The van der Waals surface area contributed by atoms with Gasteiger partial charge in [0.05, 0.1) is 7.11 Å². The SMILES string of the molecule is COc1cccc(C(=O)COC(=O)C2Oc3ccccc3OC2C)c1. The predicted molar refractivity (Wildman–Crippen MR) is 89.2 cm³/mol. The molecular weight excluding hydrogens is 324 g/mol.